The Bertz CT molecular complexity index is 604. The van der Waals surface area contributed by atoms with Crippen molar-refractivity contribution in [3.8, 4) is 5.75 Å². The van der Waals surface area contributed by atoms with Gasteiger partial charge < -0.3 is 14.4 Å². The molecule has 1 saturated heterocycles. The number of carbonyl (C=O) groups is 1. The number of thiocarbonyl (C=S) groups is 1. The number of rotatable bonds is 8. The minimum Gasteiger partial charge on any atom is -0.497 e. The molecule has 1 atom stereocenters. The van der Waals surface area contributed by atoms with E-state index in [-0.39, 0.29) is 16.8 Å². The first-order valence-electron chi connectivity index (χ1n) is 8.14. The van der Waals surface area contributed by atoms with Crippen molar-refractivity contribution in [2.45, 2.75) is 36.8 Å². The average Bonchev–Trinajstić information content (AvgIpc) is 2.99. The SMILES string of the molecule is COC(=O)[C@@H]1CSC(=S)N1CCC(C)(C)SCc1ccc(OC)cc1. The van der Waals surface area contributed by atoms with E-state index in [0.717, 1.165) is 28.8 Å². The highest BCUT2D eigenvalue weighted by Gasteiger charge is 2.36. The van der Waals surface area contributed by atoms with E-state index < -0.39 is 0 Å². The summed E-state index contributed by atoms with van der Waals surface area (Å²) in [5.41, 5.74) is 1.28. The molecule has 25 heavy (non-hydrogen) atoms. The number of thioether (sulfide) groups is 2. The van der Waals surface area contributed by atoms with E-state index in [1.807, 2.05) is 28.8 Å². The van der Waals surface area contributed by atoms with Crippen molar-refractivity contribution in [1.82, 2.24) is 4.90 Å². The van der Waals surface area contributed by atoms with E-state index in [1.54, 1.807) is 18.9 Å². The van der Waals surface area contributed by atoms with E-state index in [0.29, 0.717) is 5.75 Å². The number of carbonyl (C=O) groups excluding carboxylic acids is 1. The smallest absolute Gasteiger partial charge is 0.329 e. The van der Waals surface area contributed by atoms with E-state index in [9.17, 15) is 4.79 Å². The van der Waals surface area contributed by atoms with Crippen molar-refractivity contribution in [3.63, 3.8) is 0 Å². The number of ether oxygens (including phenoxy) is 2. The lowest BCUT2D eigenvalue weighted by Gasteiger charge is -2.30. The van der Waals surface area contributed by atoms with Gasteiger partial charge in [0.2, 0.25) is 0 Å². The van der Waals surface area contributed by atoms with Crippen LogP contribution >= 0.6 is 35.7 Å². The van der Waals surface area contributed by atoms with Gasteiger partial charge in [-0.3, -0.25) is 0 Å². The van der Waals surface area contributed by atoms with Crippen LogP contribution in [-0.4, -0.2) is 52.5 Å². The van der Waals surface area contributed by atoms with Gasteiger partial charge in [0.1, 0.15) is 16.1 Å². The largest absolute Gasteiger partial charge is 0.497 e. The number of hydrogen-bond acceptors (Lipinski definition) is 6. The average molecular weight is 400 g/mol. The molecule has 1 aliphatic rings. The second-order valence-electron chi connectivity index (χ2n) is 6.46. The normalized spacial score (nSPS) is 17.7. The minimum absolute atomic E-state index is 0.0868. The van der Waals surface area contributed by atoms with E-state index in [1.165, 1.54) is 12.7 Å². The molecule has 138 valence electrons. The van der Waals surface area contributed by atoms with Gasteiger partial charge in [-0.15, -0.1) is 0 Å². The van der Waals surface area contributed by atoms with Crippen LogP contribution in [0.1, 0.15) is 25.8 Å². The molecule has 0 aliphatic carbocycles. The Hall–Kier alpha value is -0.920. The predicted octanol–water partition coefficient (Wildman–Crippen LogP) is 3.97. The van der Waals surface area contributed by atoms with Gasteiger partial charge >= 0.3 is 5.97 Å². The first-order chi connectivity index (χ1) is 11.9. The molecule has 1 aliphatic heterocycles. The molecule has 1 heterocycles. The molecule has 0 saturated carbocycles. The number of nitrogens with zero attached hydrogens (tertiary/aromatic N) is 1. The van der Waals surface area contributed by atoms with Crippen LogP contribution in [0.5, 0.6) is 5.75 Å². The van der Waals surface area contributed by atoms with Gasteiger partial charge in [0, 0.05) is 22.8 Å². The molecule has 0 bridgehead atoms. The second-order valence-corrected chi connectivity index (χ2v) is 9.79. The fraction of sp³-hybridized carbons (Fsp3) is 0.556. The van der Waals surface area contributed by atoms with Gasteiger partial charge in [0.05, 0.1) is 14.2 Å². The molecule has 0 spiro atoms. The highest BCUT2D eigenvalue weighted by Crippen LogP contribution is 2.33. The van der Waals surface area contributed by atoms with Crippen molar-refractivity contribution in [2.75, 3.05) is 26.5 Å². The zero-order valence-corrected chi connectivity index (χ0v) is 17.6. The molecule has 0 unspecified atom stereocenters. The lowest BCUT2D eigenvalue weighted by molar-refractivity contribution is -0.144. The standard InChI is InChI=1S/C18H25NO3S3/c1-18(2,25-11-13-5-7-14(21-3)8-6-13)9-10-19-15(16(20)22-4)12-24-17(19)23/h5-8,15H,9-12H2,1-4H3/t15-/m0/s1. The summed E-state index contributed by atoms with van der Waals surface area (Å²) in [6, 6.07) is 7.93. The summed E-state index contributed by atoms with van der Waals surface area (Å²) in [6.07, 6.45) is 0.946. The van der Waals surface area contributed by atoms with Crippen LogP contribution in [0.2, 0.25) is 0 Å². The second kappa shape index (κ2) is 9.14. The third-order valence-electron chi connectivity index (χ3n) is 4.19. The summed E-state index contributed by atoms with van der Waals surface area (Å²) >= 11 is 8.87. The molecule has 0 amide bonds. The highest BCUT2D eigenvalue weighted by atomic mass is 32.2. The predicted molar refractivity (Wildman–Crippen MR) is 111 cm³/mol. The van der Waals surface area contributed by atoms with Crippen LogP contribution in [0.15, 0.2) is 24.3 Å². The lowest BCUT2D eigenvalue weighted by Crippen LogP contribution is -2.42. The Morgan fingerprint density at radius 3 is 2.64 bits per heavy atom. The zero-order valence-electron chi connectivity index (χ0n) is 15.1. The first-order valence-corrected chi connectivity index (χ1v) is 10.5. The molecular formula is C18H25NO3S3. The van der Waals surface area contributed by atoms with Crippen LogP contribution < -0.4 is 4.74 Å². The maximum Gasteiger partial charge on any atom is 0.329 e. The summed E-state index contributed by atoms with van der Waals surface area (Å²) < 4.78 is 11.0. The van der Waals surface area contributed by atoms with Crippen molar-refractivity contribution >= 4 is 46.0 Å². The Morgan fingerprint density at radius 1 is 1.36 bits per heavy atom. The zero-order chi connectivity index (χ0) is 18.4. The fourth-order valence-electron chi connectivity index (χ4n) is 2.49. The van der Waals surface area contributed by atoms with Gasteiger partial charge in [-0.25, -0.2) is 4.79 Å². The monoisotopic (exact) mass is 399 g/mol. The minimum atomic E-state index is -0.245. The number of benzene rings is 1. The molecule has 0 aromatic heterocycles. The lowest BCUT2D eigenvalue weighted by atomic mass is 10.1. The van der Waals surface area contributed by atoms with Crippen molar-refractivity contribution in [2.24, 2.45) is 0 Å². The Kier molecular flexibility index (Phi) is 7.46. The third kappa shape index (κ3) is 5.79. The van der Waals surface area contributed by atoms with Crippen LogP contribution in [0.25, 0.3) is 0 Å². The van der Waals surface area contributed by atoms with Gasteiger partial charge in [0.25, 0.3) is 0 Å². The van der Waals surface area contributed by atoms with Gasteiger partial charge in [-0.2, -0.15) is 11.8 Å². The quantitative estimate of drug-likeness (QED) is 0.484. The molecule has 1 aromatic rings. The Morgan fingerprint density at radius 2 is 2.04 bits per heavy atom. The maximum absolute atomic E-state index is 11.9. The van der Waals surface area contributed by atoms with Crippen molar-refractivity contribution in [3.05, 3.63) is 29.8 Å². The van der Waals surface area contributed by atoms with Gasteiger partial charge in [0.15, 0.2) is 0 Å². The van der Waals surface area contributed by atoms with Crippen LogP contribution in [0.4, 0.5) is 0 Å². The third-order valence-corrected chi connectivity index (χ3v) is 7.21. The van der Waals surface area contributed by atoms with Crippen molar-refractivity contribution in [1.29, 1.82) is 0 Å². The van der Waals surface area contributed by atoms with Crippen molar-refractivity contribution < 1.29 is 14.3 Å². The fourth-order valence-corrected chi connectivity index (χ4v) is 4.90. The summed E-state index contributed by atoms with van der Waals surface area (Å²) in [4.78, 5) is 13.9. The first kappa shape index (κ1) is 20.4. The van der Waals surface area contributed by atoms with E-state index in [2.05, 4.69) is 26.0 Å². The van der Waals surface area contributed by atoms with Crippen LogP contribution in [-0.2, 0) is 15.3 Å². The van der Waals surface area contributed by atoms with Crippen LogP contribution in [0.3, 0.4) is 0 Å². The molecule has 0 radical (unpaired) electrons. The summed E-state index contributed by atoms with van der Waals surface area (Å²) in [7, 11) is 3.11. The summed E-state index contributed by atoms with van der Waals surface area (Å²) in [5.74, 6) is 2.31. The number of hydrogen-bond donors (Lipinski definition) is 0. The van der Waals surface area contributed by atoms with Crippen LogP contribution in [0, 0.1) is 0 Å². The van der Waals surface area contributed by atoms with Gasteiger partial charge in [-0.05, 0) is 24.1 Å². The van der Waals surface area contributed by atoms with Gasteiger partial charge in [-0.1, -0.05) is 50.0 Å². The number of methoxy groups -OCH3 is 2. The molecule has 1 aromatic carbocycles. The summed E-state index contributed by atoms with van der Waals surface area (Å²) in [6.45, 7) is 5.25. The Labute approximate surface area is 164 Å². The topological polar surface area (TPSA) is 38.8 Å². The maximum atomic E-state index is 11.9. The summed E-state index contributed by atoms with van der Waals surface area (Å²) in [5, 5.41) is 0. The highest BCUT2D eigenvalue weighted by molar-refractivity contribution is 8.23. The molecular weight excluding hydrogens is 374 g/mol. The molecule has 4 nitrogen and oxygen atoms in total. The molecule has 7 heteroatoms. The number of esters is 1. The molecule has 0 N–H and O–H groups in total. The van der Waals surface area contributed by atoms with E-state index >= 15 is 0 Å². The van der Waals surface area contributed by atoms with E-state index in [4.69, 9.17) is 21.7 Å². The molecule has 1 fully saturated rings. The Balaban J connectivity index is 1.87. The molecule has 2 rings (SSSR count).